The van der Waals surface area contributed by atoms with Crippen LogP contribution < -0.4 is 0 Å². The minimum absolute atomic E-state index is 0.0299. The van der Waals surface area contributed by atoms with E-state index in [2.05, 4.69) is 0 Å². The minimum Gasteiger partial charge on any atom is -0.489 e. The Morgan fingerprint density at radius 1 is 0.688 bits per heavy atom. The second-order valence-corrected chi connectivity index (χ2v) is 3.84. The van der Waals surface area contributed by atoms with Crippen LogP contribution in [0.25, 0.3) is 0 Å². The molecule has 0 aromatic heterocycles. The lowest BCUT2D eigenvalue weighted by atomic mass is 10.0. The molecule has 0 radical (unpaired) electrons. The van der Waals surface area contributed by atoms with Crippen molar-refractivity contribution in [2.45, 2.75) is 12.2 Å². The maximum atomic E-state index is 5.72. The summed E-state index contributed by atoms with van der Waals surface area (Å²) in [6.07, 6.45) is 19.5. The summed E-state index contributed by atoms with van der Waals surface area (Å²) in [5.41, 5.74) is 2.08. The fourth-order valence-corrected chi connectivity index (χ4v) is 1.84. The summed E-state index contributed by atoms with van der Waals surface area (Å²) >= 11 is 0. The molecular formula is C14H12O2. The highest BCUT2D eigenvalue weighted by molar-refractivity contribution is 5.38. The molecule has 0 amide bonds. The van der Waals surface area contributed by atoms with Gasteiger partial charge in [-0.15, -0.1) is 0 Å². The van der Waals surface area contributed by atoms with E-state index in [-0.39, 0.29) is 12.2 Å². The zero-order valence-corrected chi connectivity index (χ0v) is 8.74. The molecule has 2 atom stereocenters. The zero-order valence-electron chi connectivity index (χ0n) is 8.74. The lowest BCUT2D eigenvalue weighted by Gasteiger charge is -2.24. The Bertz CT molecular complexity index is 417. The van der Waals surface area contributed by atoms with E-state index in [1.54, 1.807) is 12.5 Å². The number of hydrogen-bond acceptors (Lipinski definition) is 2. The molecule has 3 aliphatic rings. The second kappa shape index (κ2) is 3.89. The van der Waals surface area contributed by atoms with Crippen molar-refractivity contribution in [3.63, 3.8) is 0 Å². The molecule has 0 N–H and O–H groups in total. The Morgan fingerprint density at radius 3 is 1.69 bits per heavy atom. The molecule has 3 rings (SSSR count). The van der Waals surface area contributed by atoms with Gasteiger partial charge in [0.25, 0.3) is 0 Å². The van der Waals surface area contributed by atoms with Crippen LogP contribution >= 0.6 is 0 Å². The van der Waals surface area contributed by atoms with Gasteiger partial charge in [-0.3, -0.25) is 0 Å². The Kier molecular flexibility index (Phi) is 2.26. The number of hydrogen-bond donors (Lipinski definition) is 0. The van der Waals surface area contributed by atoms with Crippen LogP contribution in [-0.2, 0) is 9.47 Å². The van der Waals surface area contributed by atoms with E-state index in [0.717, 1.165) is 11.1 Å². The van der Waals surface area contributed by atoms with E-state index in [4.69, 9.17) is 9.47 Å². The monoisotopic (exact) mass is 212 g/mol. The maximum absolute atomic E-state index is 5.72. The van der Waals surface area contributed by atoms with Crippen molar-refractivity contribution in [2.24, 2.45) is 0 Å². The van der Waals surface area contributed by atoms with Gasteiger partial charge in [-0.05, 0) is 12.2 Å². The quantitative estimate of drug-likeness (QED) is 0.614. The first kappa shape index (κ1) is 9.28. The van der Waals surface area contributed by atoms with Gasteiger partial charge in [0, 0.05) is 11.1 Å². The Morgan fingerprint density at radius 2 is 1.19 bits per heavy atom. The molecule has 16 heavy (non-hydrogen) atoms. The van der Waals surface area contributed by atoms with E-state index in [1.165, 1.54) is 0 Å². The predicted molar refractivity (Wildman–Crippen MR) is 62.5 cm³/mol. The van der Waals surface area contributed by atoms with Crippen molar-refractivity contribution in [3.8, 4) is 0 Å². The molecule has 0 aromatic rings. The molecule has 1 aliphatic heterocycles. The highest BCUT2D eigenvalue weighted by atomic mass is 16.5. The third-order valence-electron chi connectivity index (χ3n) is 2.73. The molecule has 2 nitrogen and oxygen atoms in total. The molecule has 2 aliphatic carbocycles. The summed E-state index contributed by atoms with van der Waals surface area (Å²) in [6.45, 7) is 0. The normalized spacial score (nSPS) is 36.5. The van der Waals surface area contributed by atoms with Crippen LogP contribution in [0.5, 0.6) is 0 Å². The first-order valence-electron chi connectivity index (χ1n) is 5.34. The van der Waals surface area contributed by atoms with Gasteiger partial charge in [0.1, 0.15) is 12.2 Å². The summed E-state index contributed by atoms with van der Waals surface area (Å²) in [5, 5.41) is 0. The summed E-state index contributed by atoms with van der Waals surface area (Å²) in [7, 11) is 0. The summed E-state index contributed by atoms with van der Waals surface area (Å²) in [6, 6.07) is 0. The van der Waals surface area contributed by atoms with Crippen molar-refractivity contribution in [1.82, 2.24) is 0 Å². The van der Waals surface area contributed by atoms with Crippen molar-refractivity contribution in [3.05, 3.63) is 72.3 Å². The molecule has 1 heterocycles. The summed E-state index contributed by atoms with van der Waals surface area (Å²) < 4.78 is 11.4. The molecule has 2 unspecified atom stereocenters. The van der Waals surface area contributed by atoms with Crippen LogP contribution in [0.1, 0.15) is 0 Å². The first-order valence-corrected chi connectivity index (χ1v) is 5.34. The van der Waals surface area contributed by atoms with Crippen LogP contribution in [0.2, 0.25) is 0 Å². The summed E-state index contributed by atoms with van der Waals surface area (Å²) in [5.74, 6) is 0. The van der Waals surface area contributed by atoms with Crippen LogP contribution in [0.15, 0.2) is 72.3 Å². The van der Waals surface area contributed by atoms with Gasteiger partial charge in [0.15, 0.2) is 0 Å². The third kappa shape index (κ3) is 1.63. The van der Waals surface area contributed by atoms with Crippen molar-refractivity contribution >= 4 is 0 Å². The van der Waals surface area contributed by atoms with Gasteiger partial charge in [-0.25, -0.2) is 0 Å². The average Bonchev–Trinajstić information content (AvgIpc) is 2.32. The fraction of sp³-hybridized carbons (Fsp3) is 0.143. The molecule has 80 valence electrons. The molecule has 0 aromatic carbocycles. The number of ether oxygens (including phenoxy) is 2. The van der Waals surface area contributed by atoms with E-state index < -0.39 is 0 Å². The molecule has 0 saturated heterocycles. The number of fused-ring (bicyclic) bond motifs is 2. The van der Waals surface area contributed by atoms with Gasteiger partial charge in [0.05, 0.1) is 12.5 Å². The zero-order chi connectivity index (χ0) is 10.8. The average molecular weight is 212 g/mol. The van der Waals surface area contributed by atoms with Crippen LogP contribution in [-0.4, -0.2) is 12.2 Å². The van der Waals surface area contributed by atoms with Crippen molar-refractivity contribution < 1.29 is 9.47 Å². The minimum atomic E-state index is -0.0299. The highest BCUT2D eigenvalue weighted by Gasteiger charge is 2.19. The molecule has 0 saturated carbocycles. The molecule has 0 spiro atoms. The highest BCUT2D eigenvalue weighted by Crippen LogP contribution is 2.23. The first-order chi connectivity index (χ1) is 7.93. The molecule has 0 fully saturated rings. The Hall–Kier alpha value is -1.96. The van der Waals surface area contributed by atoms with E-state index in [1.807, 2.05) is 48.6 Å². The predicted octanol–water partition coefficient (Wildman–Crippen LogP) is 2.79. The van der Waals surface area contributed by atoms with Gasteiger partial charge in [0.2, 0.25) is 0 Å². The lowest BCUT2D eigenvalue weighted by Crippen LogP contribution is -2.19. The van der Waals surface area contributed by atoms with Gasteiger partial charge in [-0.2, -0.15) is 0 Å². The van der Waals surface area contributed by atoms with E-state index >= 15 is 0 Å². The molecule has 0 bridgehead atoms. The fourth-order valence-electron chi connectivity index (χ4n) is 1.84. The van der Waals surface area contributed by atoms with Crippen LogP contribution in [0, 0.1) is 0 Å². The SMILES string of the molecule is C1=C/C2=C/OC3C=CC=C/C3=C/OC2C=C1. The maximum Gasteiger partial charge on any atom is 0.144 e. The summed E-state index contributed by atoms with van der Waals surface area (Å²) in [4.78, 5) is 0. The second-order valence-electron chi connectivity index (χ2n) is 3.84. The molecule has 2 heteroatoms. The largest absolute Gasteiger partial charge is 0.489 e. The van der Waals surface area contributed by atoms with Crippen molar-refractivity contribution in [1.29, 1.82) is 0 Å². The van der Waals surface area contributed by atoms with E-state index in [9.17, 15) is 0 Å². The standard InChI is InChI=1S/C14H12O2/c1-3-7-13-11(5-1)9-15-14-8-4-2-6-12(14)10-16-13/h1-10,13-14H/b11-9-,12-10-. The van der Waals surface area contributed by atoms with Gasteiger partial charge in [-0.1, -0.05) is 36.5 Å². The Balaban J connectivity index is 1.91. The number of rotatable bonds is 0. The topological polar surface area (TPSA) is 18.5 Å². The Labute approximate surface area is 94.6 Å². The van der Waals surface area contributed by atoms with Crippen molar-refractivity contribution in [2.75, 3.05) is 0 Å². The lowest BCUT2D eigenvalue weighted by molar-refractivity contribution is 0.166. The van der Waals surface area contributed by atoms with Crippen LogP contribution in [0.3, 0.4) is 0 Å². The van der Waals surface area contributed by atoms with Crippen LogP contribution in [0.4, 0.5) is 0 Å². The smallest absolute Gasteiger partial charge is 0.144 e. The number of allylic oxidation sites excluding steroid dienone is 4. The molecular weight excluding hydrogens is 200 g/mol. The van der Waals surface area contributed by atoms with E-state index in [0.29, 0.717) is 0 Å². The van der Waals surface area contributed by atoms with Gasteiger partial charge < -0.3 is 9.47 Å². The van der Waals surface area contributed by atoms with Gasteiger partial charge >= 0.3 is 0 Å². The third-order valence-corrected chi connectivity index (χ3v) is 2.73.